The van der Waals surface area contributed by atoms with Gasteiger partial charge in [-0.3, -0.25) is 4.79 Å². The summed E-state index contributed by atoms with van der Waals surface area (Å²) in [6.45, 7) is 4.61. The van der Waals surface area contributed by atoms with Crippen molar-refractivity contribution in [2.45, 2.75) is 38.3 Å². The largest absolute Gasteiger partial charge is 0.393 e. The van der Waals surface area contributed by atoms with Gasteiger partial charge in [0.15, 0.2) is 0 Å². The van der Waals surface area contributed by atoms with Crippen molar-refractivity contribution >= 4 is 23.1 Å². The van der Waals surface area contributed by atoms with Gasteiger partial charge in [0, 0.05) is 6.61 Å². The van der Waals surface area contributed by atoms with Gasteiger partial charge < -0.3 is 15.8 Å². The Kier molecular flexibility index (Phi) is 3.44. The molecule has 14 heavy (non-hydrogen) atoms. The van der Waals surface area contributed by atoms with Crippen molar-refractivity contribution in [3.63, 3.8) is 0 Å². The maximum absolute atomic E-state index is 11.4. The van der Waals surface area contributed by atoms with Gasteiger partial charge in [0.2, 0.25) is 5.91 Å². The van der Waals surface area contributed by atoms with Gasteiger partial charge in [0.1, 0.15) is 0 Å². The highest BCUT2D eigenvalue weighted by atomic mass is 32.1. The predicted octanol–water partition coefficient (Wildman–Crippen LogP) is 0.346. The first kappa shape index (κ1) is 11.4. The van der Waals surface area contributed by atoms with E-state index in [-0.39, 0.29) is 29.0 Å². The van der Waals surface area contributed by atoms with Crippen molar-refractivity contribution in [3.8, 4) is 0 Å². The highest BCUT2D eigenvalue weighted by Gasteiger charge is 2.38. The summed E-state index contributed by atoms with van der Waals surface area (Å²) in [6, 6.07) is 0. The summed E-state index contributed by atoms with van der Waals surface area (Å²) in [4.78, 5) is 11.6. The summed E-state index contributed by atoms with van der Waals surface area (Å²) >= 11 is 4.66. The average molecular weight is 216 g/mol. The zero-order valence-corrected chi connectivity index (χ0v) is 9.32. The van der Waals surface area contributed by atoms with Crippen molar-refractivity contribution in [1.82, 2.24) is 5.32 Å². The van der Waals surface area contributed by atoms with E-state index in [4.69, 9.17) is 10.5 Å². The first-order chi connectivity index (χ1) is 6.44. The van der Waals surface area contributed by atoms with Crippen LogP contribution in [0.5, 0.6) is 0 Å². The molecule has 3 N–H and O–H groups in total. The normalized spacial score (nSPS) is 31.4. The van der Waals surface area contributed by atoms with Gasteiger partial charge in [-0.25, -0.2) is 0 Å². The number of amides is 1. The molecule has 0 aromatic carbocycles. The molecule has 1 heterocycles. The molecular formula is C9H16N2O2S. The van der Waals surface area contributed by atoms with Crippen LogP contribution in [0.4, 0.5) is 0 Å². The molecule has 0 bridgehead atoms. The molecule has 1 aliphatic heterocycles. The van der Waals surface area contributed by atoms with E-state index in [0.29, 0.717) is 6.61 Å². The molecule has 0 aliphatic carbocycles. The van der Waals surface area contributed by atoms with Crippen LogP contribution in [0, 0.1) is 0 Å². The molecule has 1 fully saturated rings. The molecule has 80 valence electrons. The van der Waals surface area contributed by atoms with Crippen LogP contribution in [-0.2, 0) is 9.53 Å². The number of carbonyl (C=O) groups is 1. The van der Waals surface area contributed by atoms with E-state index in [0.717, 1.165) is 6.42 Å². The van der Waals surface area contributed by atoms with E-state index >= 15 is 0 Å². The SMILES string of the molecule is CC1OCCC1(C)NC(=O)CC(N)=S. The Morgan fingerprint density at radius 3 is 2.86 bits per heavy atom. The highest BCUT2D eigenvalue weighted by molar-refractivity contribution is 7.80. The van der Waals surface area contributed by atoms with E-state index in [1.807, 2.05) is 13.8 Å². The van der Waals surface area contributed by atoms with E-state index in [9.17, 15) is 4.79 Å². The van der Waals surface area contributed by atoms with Crippen LogP contribution in [0.1, 0.15) is 26.7 Å². The lowest BCUT2D eigenvalue weighted by Gasteiger charge is -2.28. The lowest BCUT2D eigenvalue weighted by Crippen LogP contribution is -2.51. The molecule has 2 atom stereocenters. The Bertz CT molecular complexity index is 257. The summed E-state index contributed by atoms with van der Waals surface area (Å²) in [6.07, 6.45) is 0.979. The van der Waals surface area contributed by atoms with Crippen molar-refractivity contribution in [2.75, 3.05) is 6.61 Å². The van der Waals surface area contributed by atoms with Crippen molar-refractivity contribution in [3.05, 3.63) is 0 Å². The summed E-state index contributed by atoms with van der Waals surface area (Å²) < 4.78 is 5.40. The third kappa shape index (κ3) is 2.65. The molecule has 0 aromatic rings. The lowest BCUT2D eigenvalue weighted by molar-refractivity contribution is -0.122. The molecule has 4 nitrogen and oxygen atoms in total. The molecule has 1 aliphatic rings. The maximum Gasteiger partial charge on any atom is 0.227 e. The van der Waals surface area contributed by atoms with Gasteiger partial charge >= 0.3 is 0 Å². The fraction of sp³-hybridized carbons (Fsp3) is 0.778. The van der Waals surface area contributed by atoms with Gasteiger partial charge in [-0.15, -0.1) is 0 Å². The van der Waals surface area contributed by atoms with Gasteiger partial charge in [0.25, 0.3) is 0 Å². The Balaban J connectivity index is 2.50. The van der Waals surface area contributed by atoms with Crippen molar-refractivity contribution < 1.29 is 9.53 Å². The molecule has 1 saturated heterocycles. The summed E-state index contributed by atoms with van der Waals surface area (Å²) in [5, 5.41) is 2.90. The minimum atomic E-state index is -0.276. The fourth-order valence-corrected chi connectivity index (χ4v) is 1.65. The molecule has 0 radical (unpaired) electrons. The van der Waals surface area contributed by atoms with Crippen molar-refractivity contribution in [2.24, 2.45) is 5.73 Å². The first-order valence-electron chi connectivity index (χ1n) is 4.65. The first-order valence-corrected chi connectivity index (χ1v) is 5.06. The molecular weight excluding hydrogens is 200 g/mol. The average Bonchev–Trinajstić information content (AvgIpc) is 2.29. The van der Waals surface area contributed by atoms with Gasteiger partial charge in [-0.2, -0.15) is 0 Å². The lowest BCUT2D eigenvalue weighted by atomic mass is 9.94. The van der Waals surface area contributed by atoms with Crippen LogP contribution in [0.2, 0.25) is 0 Å². The van der Waals surface area contributed by atoms with E-state index < -0.39 is 0 Å². The van der Waals surface area contributed by atoms with E-state index in [2.05, 4.69) is 17.5 Å². The molecule has 0 saturated carbocycles. The second kappa shape index (κ2) is 4.23. The van der Waals surface area contributed by atoms with Gasteiger partial charge in [0.05, 0.1) is 23.1 Å². The van der Waals surface area contributed by atoms with E-state index in [1.165, 1.54) is 0 Å². The summed E-state index contributed by atoms with van der Waals surface area (Å²) in [7, 11) is 0. The van der Waals surface area contributed by atoms with E-state index in [1.54, 1.807) is 0 Å². The smallest absolute Gasteiger partial charge is 0.227 e. The standard InChI is InChI=1S/C9H16N2O2S/c1-6-9(2,3-4-13-6)11-8(12)5-7(10)14/h6H,3-5H2,1-2H3,(H2,10,14)(H,11,12). The Labute approximate surface area is 89.2 Å². The molecule has 1 amide bonds. The van der Waals surface area contributed by atoms with Crippen LogP contribution in [0.15, 0.2) is 0 Å². The number of nitrogens with one attached hydrogen (secondary N) is 1. The number of nitrogens with two attached hydrogens (primary N) is 1. The summed E-state index contributed by atoms with van der Waals surface area (Å²) in [5.74, 6) is -0.127. The zero-order chi connectivity index (χ0) is 10.8. The monoisotopic (exact) mass is 216 g/mol. The number of hydrogen-bond acceptors (Lipinski definition) is 3. The maximum atomic E-state index is 11.4. The van der Waals surface area contributed by atoms with Crippen molar-refractivity contribution in [1.29, 1.82) is 0 Å². The number of carbonyl (C=O) groups excluding carboxylic acids is 1. The molecule has 0 aromatic heterocycles. The second-order valence-corrected chi connectivity index (χ2v) is 4.40. The van der Waals surface area contributed by atoms with Crippen LogP contribution in [0.25, 0.3) is 0 Å². The minimum Gasteiger partial charge on any atom is -0.393 e. The summed E-state index contributed by atoms with van der Waals surface area (Å²) in [5.41, 5.74) is 5.01. The highest BCUT2D eigenvalue weighted by Crippen LogP contribution is 2.24. The second-order valence-electron chi connectivity index (χ2n) is 3.87. The van der Waals surface area contributed by atoms with Crippen LogP contribution < -0.4 is 11.1 Å². The van der Waals surface area contributed by atoms with Crippen LogP contribution in [-0.4, -0.2) is 29.1 Å². The number of hydrogen-bond donors (Lipinski definition) is 2. The molecule has 5 heteroatoms. The molecule has 0 spiro atoms. The topological polar surface area (TPSA) is 64.3 Å². The quantitative estimate of drug-likeness (QED) is 0.668. The number of thiocarbonyl (C=S) groups is 1. The van der Waals surface area contributed by atoms with Crippen LogP contribution in [0.3, 0.4) is 0 Å². The predicted molar refractivity (Wildman–Crippen MR) is 58.0 cm³/mol. The molecule has 1 rings (SSSR count). The third-order valence-electron chi connectivity index (χ3n) is 2.65. The Morgan fingerprint density at radius 1 is 1.79 bits per heavy atom. The Hall–Kier alpha value is -0.680. The molecule has 2 unspecified atom stereocenters. The Morgan fingerprint density at radius 2 is 2.43 bits per heavy atom. The van der Waals surface area contributed by atoms with Gasteiger partial charge in [-0.1, -0.05) is 12.2 Å². The van der Waals surface area contributed by atoms with Crippen LogP contribution >= 0.6 is 12.2 Å². The fourth-order valence-electron chi connectivity index (χ4n) is 1.52. The zero-order valence-electron chi connectivity index (χ0n) is 8.50. The minimum absolute atomic E-state index is 0.0396. The number of rotatable bonds is 3. The third-order valence-corrected chi connectivity index (χ3v) is 2.79. The number of ether oxygens (including phenoxy) is 1. The van der Waals surface area contributed by atoms with Gasteiger partial charge in [-0.05, 0) is 20.3 Å².